The van der Waals surface area contributed by atoms with Gasteiger partial charge in [0, 0.05) is 6.04 Å². The first kappa shape index (κ1) is 12.2. The molecule has 0 aliphatic heterocycles. The first-order valence-corrected chi connectivity index (χ1v) is 7.40. The summed E-state index contributed by atoms with van der Waals surface area (Å²) in [5.41, 5.74) is 5.92. The highest BCUT2D eigenvalue weighted by molar-refractivity contribution is 5.29. The van der Waals surface area contributed by atoms with Crippen molar-refractivity contribution >= 4 is 0 Å². The molecule has 1 aromatic rings. The fourth-order valence-corrected chi connectivity index (χ4v) is 4.03. The van der Waals surface area contributed by atoms with Crippen LogP contribution in [0.5, 0.6) is 0 Å². The van der Waals surface area contributed by atoms with Crippen molar-refractivity contribution in [1.29, 1.82) is 0 Å². The van der Waals surface area contributed by atoms with E-state index in [9.17, 15) is 0 Å². The van der Waals surface area contributed by atoms with Gasteiger partial charge in [-0.1, -0.05) is 44.0 Å². The maximum Gasteiger partial charge on any atom is 0.0493 e. The SMILES string of the molecule is CCCc1cccc(C(NN)C2C3CCCC32)c1. The Hall–Kier alpha value is -0.860. The van der Waals surface area contributed by atoms with Crippen molar-refractivity contribution in [2.75, 3.05) is 0 Å². The van der Waals surface area contributed by atoms with Crippen LogP contribution in [0.4, 0.5) is 0 Å². The zero-order valence-corrected chi connectivity index (χ0v) is 11.2. The third-order valence-electron chi connectivity index (χ3n) is 4.89. The van der Waals surface area contributed by atoms with Crippen molar-refractivity contribution in [2.24, 2.45) is 23.6 Å². The lowest BCUT2D eigenvalue weighted by Crippen LogP contribution is -2.30. The lowest BCUT2D eigenvalue weighted by Gasteiger charge is -2.19. The van der Waals surface area contributed by atoms with Crippen LogP contribution in [0.2, 0.25) is 0 Å². The summed E-state index contributed by atoms with van der Waals surface area (Å²) < 4.78 is 0. The number of nitrogens with one attached hydrogen (secondary N) is 1. The monoisotopic (exact) mass is 244 g/mol. The van der Waals surface area contributed by atoms with Gasteiger partial charge in [0.25, 0.3) is 0 Å². The molecule has 2 heteroatoms. The Labute approximate surface area is 110 Å². The molecular weight excluding hydrogens is 220 g/mol. The third kappa shape index (κ3) is 2.08. The second-order valence-electron chi connectivity index (χ2n) is 5.98. The molecule has 0 radical (unpaired) electrons. The number of nitrogens with two attached hydrogens (primary N) is 1. The highest BCUT2D eigenvalue weighted by Gasteiger charge is 2.55. The van der Waals surface area contributed by atoms with Gasteiger partial charge in [0.15, 0.2) is 0 Å². The summed E-state index contributed by atoms with van der Waals surface area (Å²) in [6, 6.07) is 9.37. The largest absolute Gasteiger partial charge is 0.271 e. The van der Waals surface area contributed by atoms with E-state index in [0.29, 0.717) is 6.04 Å². The van der Waals surface area contributed by atoms with E-state index < -0.39 is 0 Å². The number of hydrogen-bond acceptors (Lipinski definition) is 2. The molecule has 2 fully saturated rings. The van der Waals surface area contributed by atoms with Crippen LogP contribution >= 0.6 is 0 Å². The Bertz CT molecular complexity index is 405. The predicted octanol–water partition coefficient (Wildman–Crippen LogP) is 3.19. The minimum Gasteiger partial charge on any atom is -0.271 e. The van der Waals surface area contributed by atoms with Gasteiger partial charge in [0.1, 0.15) is 0 Å². The fraction of sp³-hybridized carbons (Fsp3) is 0.625. The van der Waals surface area contributed by atoms with Crippen molar-refractivity contribution in [3.05, 3.63) is 35.4 Å². The molecule has 3 rings (SSSR count). The molecule has 0 aromatic heterocycles. The summed E-state index contributed by atoms with van der Waals surface area (Å²) in [4.78, 5) is 0. The van der Waals surface area contributed by atoms with Crippen LogP contribution in [0.25, 0.3) is 0 Å². The number of benzene rings is 1. The van der Waals surface area contributed by atoms with Crippen molar-refractivity contribution in [2.45, 2.75) is 45.1 Å². The lowest BCUT2D eigenvalue weighted by atomic mass is 9.95. The average molecular weight is 244 g/mol. The van der Waals surface area contributed by atoms with Crippen molar-refractivity contribution in [3.8, 4) is 0 Å². The van der Waals surface area contributed by atoms with Gasteiger partial charge in [-0.15, -0.1) is 0 Å². The summed E-state index contributed by atoms with van der Waals surface area (Å²) in [6.07, 6.45) is 6.64. The first-order valence-electron chi connectivity index (χ1n) is 7.40. The molecule has 98 valence electrons. The Balaban J connectivity index is 1.77. The third-order valence-corrected chi connectivity index (χ3v) is 4.89. The summed E-state index contributed by atoms with van der Waals surface area (Å²) in [7, 11) is 0. The van der Waals surface area contributed by atoms with Gasteiger partial charge in [-0.05, 0) is 48.1 Å². The quantitative estimate of drug-likeness (QED) is 0.616. The highest BCUT2D eigenvalue weighted by Crippen LogP contribution is 2.62. The predicted molar refractivity (Wildman–Crippen MR) is 74.8 cm³/mol. The Kier molecular flexibility index (Phi) is 3.40. The van der Waals surface area contributed by atoms with Gasteiger partial charge in [-0.25, -0.2) is 0 Å². The molecule has 0 amide bonds. The van der Waals surface area contributed by atoms with E-state index in [1.54, 1.807) is 0 Å². The number of hydrogen-bond donors (Lipinski definition) is 2. The molecule has 18 heavy (non-hydrogen) atoms. The highest BCUT2D eigenvalue weighted by atomic mass is 15.2. The molecule has 1 aromatic carbocycles. The molecule has 3 atom stereocenters. The van der Waals surface area contributed by atoms with E-state index in [-0.39, 0.29) is 0 Å². The maximum atomic E-state index is 5.82. The molecule has 2 nitrogen and oxygen atoms in total. The molecule has 3 unspecified atom stereocenters. The van der Waals surface area contributed by atoms with Crippen LogP contribution in [0.15, 0.2) is 24.3 Å². The van der Waals surface area contributed by atoms with Crippen LogP contribution in [0, 0.1) is 17.8 Å². The van der Waals surface area contributed by atoms with E-state index in [0.717, 1.165) is 17.8 Å². The average Bonchev–Trinajstić information content (AvgIpc) is 2.86. The van der Waals surface area contributed by atoms with Gasteiger partial charge in [-0.2, -0.15) is 0 Å². The maximum absolute atomic E-state index is 5.82. The van der Waals surface area contributed by atoms with E-state index in [2.05, 4.69) is 36.6 Å². The summed E-state index contributed by atoms with van der Waals surface area (Å²) in [6.45, 7) is 2.23. The van der Waals surface area contributed by atoms with Gasteiger partial charge < -0.3 is 0 Å². The van der Waals surface area contributed by atoms with E-state index >= 15 is 0 Å². The number of fused-ring (bicyclic) bond motifs is 1. The Morgan fingerprint density at radius 2 is 2.11 bits per heavy atom. The molecule has 0 bridgehead atoms. The standard InChI is InChI=1S/C16H24N2/c1-2-5-11-6-3-7-12(10-11)16(18-17)15-13-8-4-9-14(13)15/h3,6-7,10,13-16,18H,2,4-5,8-9,17H2,1H3. The minimum absolute atomic E-state index is 0.372. The summed E-state index contributed by atoms with van der Waals surface area (Å²) in [5.74, 6) is 8.51. The fourth-order valence-electron chi connectivity index (χ4n) is 4.03. The van der Waals surface area contributed by atoms with Crippen LogP contribution in [-0.2, 0) is 6.42 Å². The molecule has 2 aliphatic carbocycles. The van der Waals surface area contributed by atoms with Gasteiger partial charge in [0.2, 0.25) is 0 Å². The van der Waals surface area contributed by atoms with Gasteiger partial charge >= 0.3 is 0 Å². The van der Waals surface area contributed by atoms with Gasteiger partial charge in [0.05, 0.1) is 0 Å². The molecule has 2 saturated carbocycles. The van der Waals surface area contributed by atoms with Crippen LogP contribution in [0.3, 0.4) is 0 Å². The van der Waals surface area contributed by atoms with E-state index in [1.807, 2.05) is 0 Å². The van der Waals surface area contributed by atoms with Crippen LogP contribution in [0.1, 0.15) is 49.8 Å². The van der Waals surface area contributed by atoms with Crippen molar-refractivity contribution < 1.29 is 0 Å². The molecule has 0 spiro atoms. The zero-order valence-electron chi connectivity index (χ0n) is 11.2. The van der Waals surface area contributed by atoms with Crippen molar-refractivity contribution in [3.63, 3.8) is 0 Å². The number of aryl methyl sites for hydroxylation is 1. The first-order chi connectivity index (χ1) is 8.85. The Morgan fingerprint density at radius 3 is 2.78 bits per heavy atom. The summed E-state index contributed by atoms with van der Waals surface area (Å²) in [5, 5.41) is 0. The topological polar surface area (TPSA) is 38.0 Å². The second kappa shape index (κ2) is 5.02. The van der Waals surface area contributed by atoms with Crippen LogP contribution in [-0.4, -0.2) is 0 Å². The molecular formula is C16H24N2. The van der Waals surface area contributed by atoms with Gasteiger partial charge in [-0.3, -0.25) is 11.3 Å². The molecule has 2 aliphatic rings. The number of hydrazine groups is 1. The zero-order chi connectivity index (χ0) is 12.5. The molecule has 3 N–H and O–H groups in total. The number of rotatable bonds is 5. The normalized spacial score (nSPS) is 31.1. The van der Waals surface area contributed by atoms with Crippen molar-refractivity contribution in [1.82, 2.24) is 5.43 Å². The molecule has 0 heterocycles. The lowest BCUT2D eigenvalue weighted by molar-refractivity contribution is 0.425. The van der Waals surface area contributed by atoms with E-state index in [4.69, 9.17) is 5.84 Å². The van der Waals surface area contributed by atoms with E-state index in [1.165, 1.54) is 43.2 Å². The second-order valence-corrected chi connectivity index (χ2v) is 5.98. The molecule has 0 saturated heterocycles. The minimum atomic E-state index is 0.372. The smallest absolute Gasteiger partial charge is 0.0493 e. The summed E-state index contributed by atoms with van der Waals surface area (Å²) >= 11 is 0. The Morgan fingerprint density at radius 1 is 1.33 bits per heavy atom. The van der Waals surface area contributed by atoms with Crippen LogP contribution < -0.4 is 11.3 Å².